The number of carbonyl (C=O) groups excluding carboxylic acids is 5. The van der Waals surface area contributed by atoms with Crippen LogP contribution in [0.5, 0.6) is 11.5 Å². The highest BCUT2D eigenvalue weighted by molar-refractivity contribution is 6.31. The highest BCUT2D eigenvalue weighted by atomic mass is 35.5. The van der Waals surface area contributed by atoms with Crippen LogP contribution in [0.25, 0.3) is 10.9 Å². The fourth-order valence-corrected chi connectivity index (χ4v) is 7.37. The highest BCUT2D eigenvalue weighted by Crippen LogP contribution is 2.40. The van der Waals surface area contributed by atoms with Gasteiger partial charge in [-0.1, -0.05) is 35.3 Å². The van der Waals surface area contributed by atoms with Crippen molar-refractivity contribution in [2.24, 2.45) is 11.6 Å². The Labute approximate surface area is 361 Å². The van der Waals surface area contributed by atoms with Crippen LogP contribution in [0.3, 0.4) is 0 Å². The maximum absolute atomic E-state index is 13.7. The van der Waals surface area contributed by atoms with Crippen LogP contribution in [0.4, 0.5) is 4.79 Å². The van der Waals surface area contributed by atoms with Crippen LogP contribution >= 0.6 is 23.2 Å². The van der Waals surface area contributed by atoms with Gasteiger partial charge in [0.05, 0.1) is 5.70 Å². The number of H-pyrrole nitrogens is 1. The number of amides is 1. The van der Waals surface area contributed by atoms with E-state index in [1.807, 2.05) is 30.3 Å². The number of carbonyl (C=O) groups is 5. The molecule has 1 aromatic heterocycles. The van der Waals surface area contributed by atoms with E-state index in [9.17, 15) is 19.2 Å². The van der Waals surface area contributed by atoms with Gasteiger partial charge in [0, 0.05) is 67.3 Å². The molecule has 3 heterocycles. The van der Waals surface area contributed by atoms with Crippen molar-refractivity contribution >= 4 is 64.4 Å². The number of halogens is 2. The van der Waals surface area contributed by atoms with Crippen molar-refractivity contribution in [3.63, 3.8) is 0 Å². The second kappa shape index (κ2) is 21.1. The molecule has 6 rings (SSSR count). The van der Waals surface area contributed by atoms with Gasteiger partial charge >= 0.3 is 24.0 Å². The number of hydrazine groups is 1. The third-order valence-corrected chi connectivity index (χ3v) is 9.98. The molecule has 61 heavy (non-hydrogen) atoms. The van der Waals surface area contributed by atoms with Crippen molar-refractivity contribution in [3.05, 3.63) is 105 Å². The van der Waals surface area contributed by atoms with Crippen molar-refractivity contribution in [2.75, 3.05) is 26.9 Å². The van der Waals surface area contributed by atoms with Gasteiger partial charge in [-0.3, -0.25) is 24.3 Å². The van der Waals surface area contributed by atoms with Gasteiger partial charge < -0.3 is 48.7 Å². The molecule has 6 atom stereocenters. The summed E-state index contributed by atoms with van der Waals surface area (Å²) in [5, 5.41) is 3.17. The fourth-order valence-electron chi connectivity index (χ4n) is 7.07. The second-order valence-corrected chi connectivity index (χ2v) is 14.7. The summed E-state index contributed by atoms with van der Waals surface area (Å²) in [7, 11) is 1.33. The van der Waals surface area contributed by atoms with Gasteiger partial charge in [-0.2, -0.15) is 0 Å². The number of ether oxygens (including phenoxy) is 7. The normalized spacial score (nSPS) is 20.9. The summed E-state index contributed by atoms with van der Waals surface area (Å²) in [4.78, 5) is 63.5. The van der Waals surface area contributed by atoms with Crippen LogP contribution < -0.4 is 21.1 Å². The summed E-state index contributed by atoms with van der Waals surface area (Å²) >= 11 is 12.4. The smallest absolute Gasteiger partial charge is 0.416 e. The van der Waals surface area contributed by atoms with Gasteiger partial charge in [0.15, 0.2) is 18.4 Å². The van der Waals surface area contributed by atoms with Gasteiger partial charge in [-0.05, 0) is 79.1 Å². The van der Waals surface area contributed by atoms with Crippen LogP contribution in [0, 0.1) is 0 Å². The zero-order valence-corrected chi connectivity index (χ0v) is 35.5. The van der Waals surface area contributed by atoms with Crippen molar-refractivity contribution in [1.29, 1.82) is 0 Å². The Morgan fingerprint density at radius 3 is 2.15 bits per heavy atom. The molecule has 5 N–H and O–H groups in total. The molecule has 1 saturated heterocycles. The van der Waals surface area contributed by atoms with E-state index in [-0.39, 0.29) is 18.9 Å². The molecule has 2 aliphatic rings. The van der Waals surface area contributed by atoms with Crippen LogP contribution in [-0.4, -0.2) is 103 Å². The summed E-state index contributed by atoms with van der Waals surface area (Å²) < 4.78 is 39.6. The SMILES string of the molecule is CC=O.COC1C(OC(C)=O)C(COC(C)=O)OC(N(N)/C=C(\N)COc2ccc(C3c4[nH]c5ccc(Cl)cc5c4CCN3C(=O)Oc3ccc(Cl)cc3)cc2)C1OC(C)=O. The third-order valence-electron chi connectivity index (χ3n) is 9.49. The molecule has 2 aliphatic heterocycles. The summed E-state index contributed by atoms with van der Waals surface area (Å²) in [6.45, 7) is 4.96. The molecule has 0 spiro atoms. The average molecular weight is 885 g/mol. The van der Waals surface area contributed by atoms with Crippen LogP contribution in [-0.2, 0) is 49.3 Å². The van der Waals surface area contributed by atoms with Gasteiger partial charge in [0.25, 0.3) is 0 Å². The Balaban J connectivity index is 0.00000228. The summed E-state index contributed by atoms with van der Waals surface area (Å²) in [5.74, 6) is 5.28. The van der Waals surface area contributed by atoms with Gasteiger partial charge in [0.1, 0.15) is 49.2 Å². The zero-order chi connectivity index (χ0) is 44.4. The summed E-state index contributed by atoms with van der Waals surface area (Å²) in [6.07, 6.45) is -3.56. The zero-order valence-electron chi connectivity index (χ0n) is 34.0. The Morgan fingerprint density at radius 1 is 0.902 bits per heavy atom. The first-order valence-corrected chi connectivity index (χ1v) is 19.7. The third kappa shape index (κ3) is 11.7. The lowest BCUT2D eigenvalue weighted by molar-refractivity contribution is -0.274. The number of nitrogens with zero attached hydrogens (tertiary/aromatic N) is 2. The Morgan fingerprint density at radius 2 is 1.52 bits per heavy atom. The molecule has 6 unspecified atom stereocenters. The molecule has 3 aromatic carbocycles. The molecule has 19 heteroatoms. The number of aromatic amines is 1. The standard InChI is InChI=1S/C40H43Cl2N5O11.C2H4O/c1-21(48)53-20-33-36(55-22(2)49)37(52-4)38(56-23(3)50)39(58-33)47(44)18-27(43)19-54-28-10-5-24(6-11-28)35-34-30(31-17-26(42)9-14-32(31)45-34)15-16-46(35)40(51)57-29-12-7-25(41)8-13-29;1-2-3/h5-14,17-18,33,35-39,45H,15-16,19-20,43-44H2,1-4H3;2H,1H3/b27-18-;. The Kier molecular flexibility index (Phi) is 16.0. The van der Waals surface area contributed by atoms with E-state index in [0.29, 0.717) is 34.5 Å². The molecule has 1 amide bonds. The maximum atomic E-state index is 13.7. The quantitative estimate of drug-likeness (QED) is 0.0537. The number of benzene rings is 3. The lowest BCUT2D eigenvalue weighted by Crippen LogP contribution is -2.66. The molecule has 326 valence electrons. The maximum Gasteiger partial charge on any atom is 0.416 e. The number of esters is 3. The summed E-state index contributed by atoms with van der Waals surface area (Å²) in [5.41, 5.74) is 10.1. The number of hydrogen-bond donors (Lipinski definition) is 3. The van der Waals surface area contributed by atoms with Crippen LogP contribution in [0.2, 0.25) is 10.0 Å². The van der Waals surface area contributed by atoms with E-state index >= 15 is 0 Å². The first-order valence-electron chi connectivity index (χ1n) is 19.0. The van der Waals surface area contributed by atoms with Crippen LogP contribution in [0.1, 0.15) is 50.6 Å². The minimum absolute atomic E-state index is 0.130. The number of methoxy groups -OCH3 is 1. The second-order valence-electron chi connectivity index (χ2n) is 13.8. The lowest BCUT2D eigenvalue weighted by Gasteiger charge is -2.46. The molecule has 4 aromatic rings. The van der Waals surface area contributed by atoms with E-state index in [2.05, 4.69) is 4.98 Å². The van der Waals surface area contributed by atoms with Gasteiger partial charge in [-0.25, -0.2) is 10.6 Å². The fraction of sp³-hybridized carbons (Fsp3) is 0.357. The predicted molar refractivity (Wildman–Crippen MR) is 222 cm³/mol. The highest BCUT2D eigenvalue weighted by Gasteiger charge is 2.52. The molecule has 0 radical (unpaired) electrons. The average Bonchev–Trinajstić information content (AvgIpc) is 3.58. The van der Waals surface area contributed by atoms with E-state index in [0.717, 1.165) is 39.0 Å². The number of hydrogen-bond acceptors (Lipinski definition) is 15. The molecule has 0 bridgehead atoms. The molecule has 1 fully saturated rings. The van der Waals surface area contributed by atoms with Crippen LogP contribution in [0.15, 0.2) is 78.6 Å². The number of fused-ring (bicyclic) bond motifs is 3. The Hall–Kier alpha value is -5.85. The summed E-state index contributed by atoms with van der Waals surface area (Å²) in [6, 6.07) is 18.8. The van der Waals surface area contributed by atoms with E-state index < -0.39 is 60.7 Å². The van der Waals surface area contributed by atoms with E-state index in [1.54, 1.807) is 41.3 Å². The number of aromatic nitrogens is 1. The minimum Gasteiger partial charge on any atom is -0.487 e. The monoisotopic (exact) mass is 883 g/mol. The first kappa shape index (κ1) is 46.2. The van der Waals surface area contributed by atoms with E-state index in [1.165, 1.54) is 41.0 Å². The topological polar surface area (TPSA) is 224 Å². The van der Waals surface area contributed by atoms with Gasteiger partial charge in [-0.15, -0.1) is 0 Å². The predicted octanol–water partition coefficient (Wildman–Crippen LogP) is 5.35. The van der Waals surface area contributed by atoms with Crippen molar-refractivity contribution < 1.29 is 57.1 Å². The minimum atomic E-state index is -1.23. The molecule has 0 aliphatic carbocycles. The van der Waals surface area contributed by atoms with Crippen molar-refractivity contribution in [3.8, 4) is 11.5 Å². The number of nitrogens with one attached hydrogen (secondary N) is 1. The van der Waals surface area contributed by atoms with Gasteiger partial charge in [0.2, 0.25) is 0 Å². The molecular weight excluding hydrogens is 837 g/mol. The van der Waals surface area contributed by atoms with Crippen molar-refractivity contribution in [2.45, 2.75) is 70.8 Å². The lowest BCUT2D eigenvalue weighted by atomic mass is 9.92. The Bertz CT molecular complexity index is 2220. The van der Waals surface area contributed by atoms with E-state index in [4.69, 9.17) is 72.7 Å². The first-order chi connectivity index (χ1) is 29.1. The van der Waals surface area contributed by atoms with Crippen molar-refractivity contribution in [1.82, 2.24) is 14.9 Å². The largest absolute Gasteiger partial charge is 0.487 e. The number of rotatable bonds is 12. The number of aldehydes is 1. The molecule has 17 nitrogen and oxygen atoms in total. The molecule has 0 saturated carbocycles. The molecular formula is C42H47Cl2N5O12. The number of nitrogens with two attached hydrogens (primary N) is 2.